The number of benzene rings is 1. The van der Waals surface area contributed by atoms with Crippen LogP contribution >= 0.6 is 0 Å². The Bertz CT molecular complexity index is 425. The summed E-state index contributed by atoms with van der Waals surface area (Å²) >= 11 is 0. The van der Waals surface area contributed by atoms with E-state index in [1.165, 1.54) is 12.1 Å². The van der Waals surface area contributed by atoms with Crippen molar-refractivity contribution in [3.8, 4) is 6.07 Å². The largest absolute Gasteiger partial charge is 0.207 e. The minimum atomic E-state index is -0.166. The van der Waals surface area contributed by atoms with E-state index in [2.05, 4.69) is 19.9 Å². The quantitative estimate of drug-likeness (QED) is 0.722. The van der Waals surface area contributed by atoms with Crippen molar-refractivity contribution in [3.63, 3.8) is 0 Å². The van der Waals surface area contributed by atoms with Crippen molar-refractivity contribution in [2.24, 2.45) is 5.92 Å². The van der Waals surface area contributed by atoms with Crippen LogP contribution in [0.5, 0.6) is 0 Å². The highest BCUT2D eigenvalue weighted by Crippen LogP contribution is 2.54. The van der Waals surface area contributed by atoms with Gasteiger partial charge in [0, 0.05) is 5.41 Å². The maximum Gasteiger partial charge on any atom is 0.127 e. The fourth-order valence-electron chi connectivity index (χ4n) is 2.27. The molecule has 2 heteroatoms. The Hall–Kier alpha value is -1.36. The zero-order valence-electron chi connectivity index (χ0n) is 9.05. The van der Waals surface area contributed by atoms with Crippen LogP contribution in [0.25, 0.3) is 0 Å². The summed E-state index contributed by atoms with van der Waals surface area (Å²) in [5.74, 6) is 0.265. The molecule has 0 N–H and O–H groups in total. The molecular formula is C13H14FN. The lowest BCUT2D eigenvalue weighted by Crippen LogP contribution is -2.16. The number of hydrogen-bond acceptors (Lipinski definition) is 1. The van der Waals surface area contributed by atoms with Crippen molar-refractivity contribution >= 4 is 0 Å². The Labute approximate surface area is 89.5 Å². The molecule has 1 aromatic carbocycles. The van der Waals surface area contributed by atoms with E-state index in [0.29, 0.717) is 11.5 Å². The van der Waals surface area contributed by atoms with Crippen LogP contribution < -0.4 is 0 Å². The van der Waals surface area contributed by atoms with E-state index in [-0.39, 0.29) is 11.2 Å². The highest BCUT2D eigenvalue weighted by atomic mass is 19.1. The highest BCUT2D eigenvalue weighted by Gasteiger charge is 2.48. The minimum Gasteiger partial charge on any atom is -0.207 e. The van der Waals surface area contributed by atoms with Gasteiger partial charge in [-0.3, -0.25) is 0 Å². The monoisotopic (exact) mass is 203 g/mol. The van der Waals surface area contributed by atoms with Gasteiger partial charge in [0.15, 0.2) is 0 Å². The van der Waals surface area contributed by atoms with E-state index in [0.717, 1.165) is 18.4 Å². The van der Waals surface area contributed by atoms with E-state index in [1.54, 1.807) is 6.07 Å². The summed E-state index contributed by atoms with van der Waals surface area (Å²) in [6.45, 7) is 4.23. The third-order valence-electron chi connectivity index (χ3n) is 3.53. The van der Waals surface area contributed by atoms with Crippen molar-refractivity contribution in [3.05, 3.63) is 35.1 Å². The normalized spacial score (nSPS) is 17.5. The summed E-state index contributed by atoms with van der Waals surface area (Å²) in [6.07, 6.45) is 2.08. The molecule has 1 aromatic rings. The second kappa shape index (κ2) is 3.34. The third kappa shape index (κ3) is 1.52. The summed E-state index contributed by atoms with van der Waals surface area (Å²) in [4.78, 5) is 0. The third-order valence-corrected chi connectivity index (χ3v) is 3.53. The van der Waals surface area contributed by atoms with Crippen molar-refractivity contribution < 1.29 is 4.39 Å². The van der Waals surface area contributed by atoms with Crippen LogP contribution in [0.1, 0.15) is 37.8 Å². The number of nitrogens with zero attached hydrogens (tertiary/aromatic N) is 1. The van der Waals surface area contributed by atoms with Gasteiger partial charge in [-0.25, -0.2) is 4.39 Å². The van der Waals surface area contributed by atoms with Gasteiger partial charge in [0.25, 0.3) is 0 Å². The van der Waals surface area contributed by atoms with Gasteiger partial charge in [-0.15, -0.1) is 0 Å². The Kier molecular flexibility index (Phi) is 2.26. The number of rotatable bonds is 2. The van der Waals surface area contributed by atoms with Gasteiger partial charge in [-0.05, 0) is 42.5 Å². The molecule has 0 radical (unpaired) electrons. The Balaban J connectivity index is 2.49. The maximum atomic E-state index is 13.7. The van der Waals surface area contributed by atoms with Gasteiger partial charge >= 0.3 is 0 Å². The van der Waals surface area contributed by atoms with E-state index < -0.39 is 0 Å². The molecule has 0 aromatic heterocycles. The van der Waals surface area contributed by atoms with Crippen LogP contribution in [0.3, 0.4) is 0 Å². The minimum absolute atomic E-state index is 0.00303. The molecule has 1 nitrogen and oxygen atoms in total. The highest BCUT2D eigenvalue weighted by molar-refractivity contribution is 5.40. The second-order valence-electron chi connectivity index (χ2n) is 4.62. The van der Waals surface area contributed by atoms with Gasteiger partial charge in [-0.1, -0.05) is 13.8 Å². The predicted molar refractivity (Wildman–Crippen MR) is 56.9 cm³/mol. The summed E-state index contributed by atoms with van der Waals surface area (Å²) in [7, 11) is 0. The SMILES string of the molecule is CC(C)C1(c2cc(C#N)ccc2F)CC1. The zero-order valence-corrected chi connectivity index (χ0v) is 9.05. The smallest absolute Gasteiger partial charge is 0.127 e. The Morgan fingerprint density at radius 3 is 2.53 bits per heavy atom. The molecule has 0 aliphatic heterocycles. The molecule has 0 heterocycles. The molecule has 2 rings (SSSR count). The maximum absolute atomic E-state index is 13.7. The molecule has 0 amide bonds. The van der Waals surface area contributed by atoms with Crippen molar-refractivity contribution in [2.45, 2.75) is 32.1 Å². The molecular weight excluding hydrogens is 189 g/mol. The van der Waals surface area contributed by atoms with Crippen molar-refractivity contribution in [2.75, 3.05) is 0 Å². The van der Waals surface area contributed by atoms with Gasteiger partial charge in [-0.2, -0.15) is 5.26 Å². The first-order chi connectivity index (χ1) is 7.10. The van der Waals surface area contributed by atoms with Crippen LogP contribution in [0.15, 0.2) is 18.2 Å². The van der Waals surface area contributed by atoms with Crippen LogP contribution in [0.4, 0.5) is 4.39 Å². The number of nitriles is 1. The van der Waals surface area contributed by atoms with Gasteiger partial charge in [0.05, 0.1) is 11.6 Å². The van der Waals surface area contributed by atoms with E-state index in [4.69, 9.17) is 5.26 Å². The predicted octanol–water partition coefficient (Wildman–Crippen LogP) is 3.38. The zero-order chi connectivity index (χ0) is 11.1. The molecule has 0 bridgehead atoms. The van der Waals surface area contributed by atoms with E-state index in [1.807, 2.05) is 0 Å². The molecule has 0 atom stereocenters. The van der Waals surface area contributed by atoms with Crippen molar-refractivity contribution in [1.82, 2.24) is 0 Å². The molecule has 1 fully saturated rings. The first-order valence-electron chi connectivity index (χ1n) is 5.30. The average molecular weight is 203 g/mol. The molecule has 0 unspecified atom stereocenters. The number of halogens is 1. The van der Waals surface area contributed by atoms with Crippen LogP contribution in [0.2, 0.25) is 0 Å². The molecule has 1 aliphatic rings. The lowest BCUT2D eigenvalue weighted by molar-refractivity contribution is 0.455. The molecule has 1 aliphatic carbocycles. The summed E-state index contributed by atoms with van der Waals surface area (Å²) in [6, 6.07) is 6.73. The van der Waals surface area contributed by atoms with Gasteiger partial charge in [0.2, 0.25) is 0 Å². The summed E-state index contributed by atoms with van der Waals surface area (Å²) in [5.41, 5.74) is 1.28. The lowest BCUT2D eigenvalue weighted by atomic mass is 9.84. The van der Waals surface area contributed by atoms with Crippen LogP contribution in [0, 0.1) is 23.1 Å². The molecule has 0 saturated heterocycles. The second-order valence-corrected chi connectivity index (χ2v) is 4.62. The van der Waals surface area contributed by atoms with E-state index >= 15 is 0 Å². The average Bonchev–Trinajstić information content (AvgIpc) is 2.99. The van der Waals surface area contributed by atoms with Crippen LogP contribution in [-0.2, 0) is 5.41 Å². The molecule has 78 valence electrons. The molecule has 0 spiro atoms. The summed E-state index contributed by atoms with van der Waals surface area (Å²) in [5, 5.41) is 8.81. The van der Waals surface area contributed by atoms with E-state index in [9.17, 15) is 4.39 Å². The standard InChI is InChI=1S/C13H14FN/c1-9(2)13(5-6-13)11-7-10(8-15)3-4-12(11)14/h3-4,7,9H,5-6H2,1-2H3. The topological polar surface area (TPSA) is 23.8 Å². The van der Waals surface area contributed by atoms with Gasteiger partial charge < -0.3 is 0 Å². The van der Waals surface area contributed by atoms with Crippen molar-refractivity contribution in [1.29, 1.82) is 5.26 Å². The number of hydrogen-bond donors (Lipinski definition) is 0. The Morgan fingerprint density at radius 2 is 2.07 bits per heavy atom. The summed E-state index contributed by atoms with van der Waals surface area (Å²) < 4.78 is 13.7. The fraction of sp³-hybridized carbons (Fsp3) is 0.462. The fourth-order valence-corrected chi connectivity index (χ4v) is 2.27. The lowest BCUT2D eigenvalue weighted by Gasteiger charge is -2.20. The first-order valence-corrected chi connectivity index (χ1v) is 5.30. The van der Waals surface area contributed by atoms with Gasteiger partial charge in [0.1, 0.15) is 5.82 Å². The molecule has 15 heavy (non-hydrogen) atoms. The Morgan fingerprint density at radius 1 is 1.40 bits per heavy atom. The molecule has 1 saturated carbocycles. The first kappa shape index (κ1) is 10.2. The van der Waals surface area contributed by atoms with Crippen LogP contribution in [-0.4, -0.2) is 0 Å².